The van der Waals surface area contributed by atoms with Crippen LogP contribution in [0.25, 0.3) is 11.4 Å². The molecule has 0 aliphatic carbocycles. The first-order chi connectivity index (χ1) is 18.6. The van der Waals surface area contributed by atoms with E-state index in [2.05, 4.69) is 15.5 Å². The molecule has 0 aliphatic heterocycles. The van der Waals surface area contributed by atoms with Gasteiger partial charge in [-0.1, -0.05) is 11.8 Å². The number of methoxy groups -OCH3 is 3. The van der Waals surface area contributed by atoms with Crippen molar-refractivity contribution in [3.63, 3.8) is 0 Å². The van der Waals surface area contributed by atoms with Gasteiger partial charge in [-0.3, -0.25) is 9.59 Å². The summed E-state index contributed by atoms with van der Waals surface area (Å²) in [6.45, 7) is 7.47. The van der Waals surface area contributed by atoms with Crippen molar-refractivity contribution in [2.24, 2.45) is 5.73 Å². The first-order valence-electron chi connectivity index (χ1n) is 11.9. The monoisotopic (exact) mass is 577 g/mol. The SMILES string of the molecule is CCn1c(SCC(=O)Nc2sc(C(N)=O)c(C)c2C(=O)OC(C)C)nnc1-c1cc(OC)c(OC)c(OC)c1. The number of nitrogens with one attached hydrogen (secondary N) is 1. The second kappa shape index (κ2) is 12.8. The van der Waals surface area contributed by atoms with Gasteiger partial charge in [0.1, 0.15) is 5.00 Å². The molecule has 12 nitrogen and oxygen atoms in total. The van der Waals surface area contributed by atoms with Crippen LogP contribution >= 0.6 is 23.1 Å². The maximum absolute atomic E-state index is 12.9. The predicted molar refractivity (Wildman–Crippen MR) is 148 cm³/mol. The molecule has 3 aromatic rings. The Balaban J connectivity index is 1.83. The predicted octanol–water partition coefficient (Wildman–Crippen LogP) is 3.76. The standard InChI is InChI=1S/C25H31N5O7S2/c1-8-30-22(14-9-15(34-5)19(36-7)16(10-14)35-6)28-29-25(30)38-11-17(31)27-23-18(24(33)37-12(2)3)13(4)20(39-23)21(26)32/h9-10,12H,8,11H2,1-7H3,(H2,26,32)(H,27,31). The van der Waals surface area contributed by atoms with E-state index in [1.807, 2.05) is 11.5 Å². The third kappa shape index (κ3) is 6.45. The molecule has 0 aliphatic rings. The second-order valence-corrected chi connectivity index (χ2v) is 10.3. The number of thiophene rings is 1. The highest BCUT2D eigenvalue weighted by atomic mass is 32.2. The highest BCUT2D eigenvalue weighted by Gasteiger charge is 2.27. The van der Waals surface area contributed by atoms with E-state index >= 15 is 0 Å². The summed E-state index contributed by atoms with van der Waals surface area (Å²) in [5, 5.41) is 12.0. The summed E-state index contributed by atoms with van der Waals surface area (Å²) in [5.74, 6) is 0.177. The van der Waals surface area contributed by atoms with Gasteiger partial charge in [0.05, 0.1) is 43.6 Å². The molecule has 14 heteroatoms. The Morgan fingerprint density at radius 1 is 1.10 bits per heavy atom. The lowest BCUT2D eigenvalue weighted by atomic mass is 10.1. The van der Waals surface area contributed by atoms with Crippen molar-refractivity contribution >= 4 is 45.9 Å². The van der Waals surface area contributed by atoms with Crippen LogP contribution in [-0.4, -0.2) is 65.7 Å². The molecule has 210 valence electrons. The van der Waals surface area contributed by atoms with Crippen LogP contribution in [-0.2, 0) is 16.1 Å². The molecule has 0 unspecified atom stereocenters. The molecule has 2 aromatic heterocycles. The molecule has 0 fully saturated rings. The number of hydrogen-bond acceptors (Lipinski definition) is 11. The fourth-order valence-electron chi connectivity index (χ4n) is 3.75. The Hall–Kier alpha value is -3.78. The van der Waals surface area contributed by atoms with E-state index in [0.717, 1.165) is 11.3 Å². The normalized spacial score (nSPS) is 10.9. The number of carbonyl (C=O) groups excluding carboxylic acids is 3. The van der Waals surface area contributed by atoms with Crippen LogP contribution in [0.3, 0.4) is 0 Å². The molecule has 3 N–H and O–H groups in total. The van der Waals surface area contributed by atoms with Gasteiger partial charge in [0.15, 0.2) is 22.5 Å². The van der Waals surface area contributed by atoms with Crippen LogP contribution in [0.1, 0.15) is 46.4 Å². The lowest BCUT2D eigenvalue weighted by Gasteiger charge is -2.14. The molecule has 0 atom stereocenters. The number of anilines is 1. The zero-order chi connectivity index (χ0) is 28.9. The summed E-state index contributed by atoms with van der Waals surface area (Å²) in [5.41, 5.74) is 6.63. The fourth-order valence-corrected chi connectivity index (χ4v) is 5.62. The van der Waals surface area contributed by atoms with E-state index in [1.165, 1.54) is 33.1 Å². The highest BCUT2D eigenvalue weighted by molar-refractivity contribution is 7.99. The number of nitrogens with two attached hydrogens (primary N) is 1. The van der Waals surface area contributed by atoms with Crippen LogP contribution in [0.4, 0.5) is 5.00 Å². The number of amides is 2. The summed E-state index contributed by atoms with van der Waals surface area (Å²) < 4.78 is 23.4. The topological polar surface area (TPSA) is 157 Å². The zero-order valence-electron chi connectivity index (χ0n) is 22.7. The maximum Gasteiger partial charge on any atom is 0.341 e. The Kier molecular flexibility index (Phi) is 9.81. The molecule has 0 bridgehead atoms. The van der Waals surface area contributed by atoms with Gasteiger partial charge in [-0.25, -0.2) is 4.79 Å². The molecular formula is C25H31N5O7S2. The van der Waals surface area contributed by atoms with Crippen LogP contribution in [0.15, 0.2) is 17.3 Å². The lowest BCUT2D eigenvalue weighted by Crippen LogP contribution is -2.18. The van der Waals surface area contributed by atoms with Gasteiger partial charge in [0, 0.05) is 12.1 Å². The van der Waals surface area contributed by atoms with E-state index in [4.69, 9.17) is 24.7 Å². The zero-order valence-corrected chi connectivity index (χ0v) is 24.4. The molecule has 2 amide bonds. The van der Waals surface area contributed by atoms with Crippen LogP contribution in [0.5, 0.6) is 17.2 Å². The van der Waals surface area contributed by atoms with Crippen molar-refractivity contribution in [1.82, 2.24) is 14.8 Å². The smallest absolute Gasteiger partial charge is 0.341 e. The third-order valence-corrected chi connectivity index (χ3v) is 7.65. The van der Waals surface area contributed by atoms with E-state index < -0.39 is 17.8 Å². The van der Waals surface area contributed by atoms with Gasteiger partial charge >= 0.3 is 5.97 Å². The average molecular weight is 578 g/mol. The van der Waals surface area contributed by atoms with Crippen molar-refractivity contribution in [2.75, 3.05) is 32.4 Å². The molecule has 0 radical (unpaired) electrons. The number of thioether (sulfide) groups is 1. The Morgan fingerprint density at radius 2 is 1.74 bits per heavy atom. The molecule has 1 aromatic carbocycles. The van der Waals surface area contributed by atoms with Crippen molar-refractivity contribution in [3.8, 4) is 28.6 Å². The quantitative estimate of drug-likeness (QED) is 0.240. The summed E-state index contributed by atoms with van der Waals surface area (Å²) in [6, 6.07) is 3.54. The van der Waals surface area contributed by atoms with Gasteiger partial charge in [-0.05, 0) is 45.4 Å². The summed E-state index contributed by atoms with van der Waals surface area (Å²) >= 11 is 2.11. The fraction of sp³-hybridized carbons (Fsp3) is 0.400. The number of esters is 1. The number of hydrogen-bond donors (Lipinski definition) is 2. The number of carbonyl (C=O) groups is 3. The molecule has 3 rings (SSSR count). The first kappa shape index (κ1) is 29.8. The Labute approximate surface area is 234 Å². The minimum atomic E-state index is -0.693. The first-order valence-corrected chi connectivity index (χ1v) is 13.7. The van der Waals surface area contributed by atoms with E-state index in [9.17, 15) is 14.4 Å². The lowest BCUT2D eigenvalue weighted by molar-refractivity contribution is -0.113. The molecule has 2 heterocycles. The van der Waals surface area contributed by atoms with Gasteiger partial charge in [0.25, 0.3) is 5.91 Å². The van der Waals surface area contributed by atoms with Gasteiger partial charge in [0.2, 0.25) is 11.7 Å². The van der Waals surface area contributed by atoms with Gasteiger partial charge in [-0.15, -0.1) is 21.5 Å². The third-order valence-electron chi connectivity index (χ3n) is 5.46. The molecule has 39 heavy (non-hydrogen) atoms. The average Bonchev–Trinajstić information content (AvgIpc) is 3.46. The largest absolute Gasteiger partial charge is 0.493 e. The molecule has 0 saturated carbocycles. The highest BCUT2D eigenvalue weighted by Crippen LogP contribution is 2.41. The van der Waals surface area contributed by atoms with Crippen molar-refractivity contribution < 1.29 is 33.3 Å². The maximum atomic E-state index is 12.9. The van der Waals surface area contributed by atoms with E-state index in [1.54, 1.807) is 32.9 Å². The number of benzene rings is 1. The van der Waals surface area contributed by atoms with Crippen LogP contribution < -0.4 is 25.3 Å². The number of primary amides is 1. The van der Waals surface area contributed by atoms with Crippen molar-refractivity contribution in [2.45, 2.75) is 45.5 Å². The summed E-state index contributed by atoms with van der Waals surface area (Å²) in [4.78, 5) is 37.6. The summed E-state index contributed by atoms with van der Waals surface area (Å²) in [6.07, 6.45) is -0.381. The molecule has 0 saturated heterocycles. The van der Waals surface area contributed by atoms with Gasteiger partial charge < -0.3 is 34.6 Å². The summed E-state index contributed by atoms with van der Waals surface area (Å²) in [7, 11) is 4.58. The van der Waals surface area contributed by atoms with E-state index in [-0.39, 0.29) is 27.3 Å². The number of nitrogens with zero attached hydrogens (tertiary/aromatic N) is 3. The van der Waals surface area contributed by atoms with E-state index in [0.29, 0.717) is 45.9 Å². The Bertz CT molecular complexity index is 1360. The number of aromatic nitrogens is 3. The Morgan fingerprint density at radius 3 is 2.26 bits per heavy atom. The number of rotatable bonds is 12. The van der Waals surface area contributed by atoms with Crippen LogP contribution in [0, 0.1) is 6.92 Å². The van der Waals surface area contributed by atoms with Gasteiger partial charge in [-0.2, -0.15) is 0 Å². The molecule has 0 spiro atoms. The molecular weight excluding hydrogens is 546 g/mol. The second-order valence-electron chi connectivity index (χ2n) is 8.38. The number of ether oxygens (including phenoxy) is 4. The minimum Gasteiger partial charge on any atom is -0.493 e. The minimum absolute atomic E-state index is 0.0328. The van der Waals surface area contributed by atoms with Crippen LogP contribution in [0.2, 0.25) is 0 Å². The van der Waals surface area contributed by atoms with Crippen molar-refractivity contribution in [1.29, 1.82) is 0 Å². The van der Waals surface area contributed by atoms with Crippen molar-refractivity contribution in [3.05, 3.63) is 28.1 Å².